The molecule has 1 aliphatic heterocycles. The van der Waals surface area contributed by atoms with Crippen LogP contribution in [0.2, 0.25) is 0 Å². The summed E-state index contributed by atoms with van der Waals surface area (Å²) in [6, 6.07) is 8.05. The summed E-state index contributed by atoms with van der Waals surface area (Å²) in [5.74, 6) is -0.335. The number of methoxy groups -OCH3 is 1. The zero-order valence-electron chi connectivity index (χ0n) is 17.0. The van der Waals surface area contributed by atoms with Crippen molar-refractivity contribution in [3.05, 3.63) is 46.2 Å². The van der Waals surface area contributed by atoms with Gasteiger partial charge in [-0.05, 0) is 24.6 Å². The first-order valence-electron chi connectivity index (χ1n) is 9.86. The molecule has 1 saturated heterocycles. The van der Waals surface area contributed by atoms with E-state index >= 15 is 0 Å². The third kappa shape index (κ3) is 4.84. The van der Waals surface area contributed by atoms with Crippen LogP contribution in [0.15, 0.2) is 34.7 Å². The molecule has 0 aliphatic carbocycles. The number of hydrogen-bond donors (Lipinski definition) is 0. The number of amides is 1. The Morgan fingerprint density at radius 1 is 1.32 bits per heavy atom. The Morgan fingerprint density at radius 3 is 2.84 bits per heavy atom. The highest BCUT2D eigenvalue weighted by molar-refractivity contribution is 7.22. The number of rotatable bonds is 8. The summed E-state index contributed by atoms with van der Waals surface area (Å²) < 4.78 is 16.7. The van der Waals surface area contributed by atoms with Crippen molar-refractivity contribution in [1.29, 1.82) is 0 Å². The molecule has 1 amide bonds. The monoisotopic (exact) mass is 446 g/mol. The molecule has 11 heteroatoms. The predicted molar refractivity (Wildman–Crippen MR) is 115 cm³/mol. The average molecular weight is 446 g/mol. The van der Waals surface area contributed by atoms with Gasteiger partial charge in [-0.1, -0.05) is 11.3 Å². The van der Waals surface area contributed by atoms with Crippen LogP contribution in [0.3, 0.4) is 0 Å². The van der Waals surface area contributed by atoms with E-state index in [0.717, 1.165) is 29.9 Å². The van der Waals surface area contributed by atoms with E-state index in [4.69, 9.17) is 13.9 Å². The number of hydrogen-bond acceptors (Lipinski definition) is 9. The minimum atomic E-state index is -0.663. The molecule has 0 saturated carbocycles. The molecule has 0 unspecified atom stereocenters. The quantitative estimate of drug-likeness (QED) is 0.383. The second kappa shape index (κ2) is 9.41. The van der Waals surface area contributed by atoms with Gasteiger partial charge in [0.15, 0.2) is 10.9 Å². The highest BCUT2D eigenvalue weighted by Gasteiger charge is 2.26. The second-order valence-electron chi connectivity index (χ2n) is 6.99. The normalized spacial score (nSPS) is 14.6. The number of ether oxygens (including phenoxy) is 2. The van der Waals surface area contributed by atoms with E-state index in [-0.39, 0.29) is 5.76 Å². The van der Waals surface area contributed by atoms with Crippen LogP contribution in [-0.2, 0) is 4.74 Å². The fourth-order valence-corrected chi connectivity index (χ4v) is 4.34. The highest BCUT2D eigenvalue weighted by atomic mass is 32.1. The summed E-state index contributed by atoms with van der Waals surface area (Å²) in [5, 5.41) is 11.5. The van der Waals surface area contributed by atoms with Crippen LogP contribution in [-0.4, -0.2) is 67.2 Å². The van der Waals surface area contributed by atoms with Gasteiger partial charge in [-0.3, -0.25) is 24.7 Å². The van der Waals surface area contributed by atoms with Crippen LogP contribution < -0.4 is 9.64 Å². The molecule has 1 aliphatic rings. The Labute approximate surface area is 182 Å². The van der Waals surface area contributed by atoms with Gasteiger partial charge in [0.1, 0.15) is 10.7 Å². The molecule has 0 bridgehead atoms. The van der Waals surface area contributed by atoms with Crippen molar-refractivity contribution in [2.45, 2.75) is 6.42 Å². The number of carbonyl (C=O) groups excluding carboxylic acids is 1. The third-order valence-electron chi connectivity index (χ3n) is 5.00. The largest absolute Gasteiger partial charge is 0.497 e. The number of thiazole rings is 1. The molecule has 164 valence electrons. The first-order chi connectivity index (χ1) is 15.0. The number of carbonyl (C=O) groups is 1. The number of anilines is 1. The number of nitrogens with zero attached hydrogens (tertiary/aromatic N) is 4. The Hall–Kier alpha value is -3.02. The van der Waals surface area contributed by atoms with Crippen molar-refractivity contribution in [2.24, 2.45) is 0 Å². The van der Waals surface area contributed by atoms with Gasteiger partial charge in [0.2, 0.25) is 0 Å². The molecule has 1 fully saturated rings. The van der Waals surface area contributed by atoms with Gasteiger partial charge in [-0.25, -0.2) is 4.98 Å². The van der Waals surface area contributed by atoms with Gasteiger partial charge in [-0.15, -0.1) is 0 Å². The third-order valence-corrected chi connectivity index (χ3v) is 6.06. The Morgan fingerprint density at radius 2 is 2.13 bits per heavy atom. The van der Waals surface area contributed by atoms with Gasteiger partial charge in [-0.2, -0.15) is 0 Å². The van der Waals surface area contributed by atoms with Crippen LogP contribution in [0, 0.1) is 10.1 Å². The standard InChI is InChI=1S/C20H22N4O6S/c1-28-14-3-5-17-15(13-14)21-20(31-17)23(8-2-7-22-9-11-29-12-10-22)19(25)16-4-6-18(30-16)24(26)27/h3-6,13H,2,7-12H2,1H3. The number of nitro groups is 1. The first kappa shape index (κ1) is 21.2. The summed E-state index contributed by atoms with van der Waals surface area (Å²) >= 11 is 1.38. The zero-order chi connectivity index (χ0) is 21.8. The number of aromatic nitrogens is 1. The lowest BCUT2D eigenvalue weighted by molar-refractivity contribution is -0.402. The summed E-state index contributed by atoms with van der Waals surface area (Å²) in [5.41, 5.74) is 0.718. The topological polar surface area (TPSA) is 111 Å². The lowest BCUT2D eigenvalue weighted by atomic mass is 10.3. The Balaban J connectivity index is 1.57. The smallest absolute Gasteiger partial charge is 0.433 e. The maximum Gasteiger partial charge on any atom is 0.433 e. The van der Waals surface area contributed by atoms with Crippen molar-refractivity contribution in [1.82, 2.24) is 9.88 Å². The van der Waals surface area contributed by atoms with Gasteiger partial charge in [0.25, 0.3) is 5.91 Å². The molecule has 0 spiro atoms. The second-order valence-corrected chi connectivity index (χ2v) is 8.00. The molecule has 0 radical (unpaired) electrons. The van der Waals surface area contributed by atoms with E-state index in [1.54, 1.807) is 7.11 Å². The molecular formula is C20H22N4O6S. The lowest BCUT2D eigenvalue weighted by Crippen LogP contribution is -2.39. The van der Waals surface area contributed by atoms with Gasteiger partial charge < -0.3 is 13.9 Å². The molecule has 3 heterocycles. The minimum Gasteiger partial charge on any atom is -0.497 e. The fraction of sp³-hybridized carbons (Fsp3) is 0.400. The Bertz CT molecular complexity index is 1070. The molecule has 1 aromatic carbocycles. The number of fused-ring (bicyclic) bond motifs is 1. The van der Waals surface area contributed by atoms with Crippen LogP contribution in [0.1, 0.15) is 17.0 Å². The molecule has 0 N–H and O–H groups in total. The predicted octanol–water partition coefficient (Wildman–Crippen LogP) is 3.18. The summed E-state index contributed by atoms with van der Waals surface area (Å²) in [4.78, 5) is 31.9. The van der Waals surface area contributed by atoms with E-state index in [1.165, 1.54) is 28.4 Å². The fourth-order valence-electron chi connectivity index (χ4n) is 3.37. The van der Waals surface area contributed by atoms with Crippen LogP contribution in [0.5, 0.6) is 5.75 Å². The van der Waals surface area contributed by atoms with Crippen molar-refractivity contribution < 1.29 is 23.6 Å². The minimum absolute atomic E-state index is 0.0880. The highest BCUT2D eigenvalue weighted by Crippen LogP contribution is 2.32. The van der Waals surface area contributed by atoms with E-state index in [9.17, 15) is 14.9 Å². The van der Waals surface area contributed by atoms with Crippen molar-refractivity contribution >= 4 is 38.5 Å². The van der Waals surface area contributed by atoms with E-state index in [0.29, 0.717) is 37.1 Å². The molecule has 3 aromatic rings. The number of morpholine rings is 1. The van der Waals surface area contributed by atoms with Crippen molar-refractivity contribution in [3.63, 3.8) is 0 Å². The molecule has 4 rings (SSSR count). The first-order valence-corrected chi connectivity index (χ1v) is 10.7. The van der Waals surface area contributed by atoms with E-state index in [2.05, 4.69) is 9.88 Å². The van der Waals surface area contributed by atoms with E-state index < -0.39 is 16.7 Å². The van der Waals surface area contributed by atoms with Crippen LogP contribution in [0.25, 0.3) is 10.2 Å². The number of benzene rings is 1. The van der Waals surface area contributed by atoms with E-state index in [1.807, 2.05) is 18.2 Å². The Kier molecular flexibility index (Phi) is 6.44. The molecule has 0 atom stereocenters. The SMILES string of the molecule is COc1ccc2sc(N(CCCN3CCOCC3)C(=O)c3ccc([N+](=O)[O-])o3)nc2c1. The molecule has 31 heavy (non-hydrogen) atoms. The maximum absolute atomic E-state index is 13.2. The maximum atomic E-state index is 13.2. The van der Waals surface area contributed by atoms with Gasteiger partial charge in [0.05, 0.1) is 36.6 Å². The van der Waals surface area contributed by atoms with Gasteiger partial charge in [0, 0.05) is 32.2 Å². The lowest BCUT2D eigenvalue weighted by Gasteiger charge is -2.27. The van der Waals surface area contributed by atoms with Crippen molar-refractivity contribution in [3.8, 4) is 5.75 Å². The molecule has 2 aromatic heterocycles. The van der Waals surface area contributed by atoms with Crippen molar-refractivity contribution in [2.75, 3.05) is 51.4 Å². The zero-order valence-corrected chi connectivity index (χ0v) is 17.8. The summed E-state index contributed by atoms with van der Waals surface area (Å²) in [7, 11) is 1.58. The van der Waals surface area contributed by atoms with Crippen LogP contribution >= 0.6 is 11.3 Å². The molecule has 10 nitrogen and oxygen atoms in total. The summed E-state index contributed by atoms with van der Waals surface area (Å²) in [6.45, 7) is 4.35. The summed E-state index contributed by atoms with van der Waals surface area (Å²) in [6.07, 6.45) is 0.716. The molecular weight excluding hydrogens is 424 g/mol. The number of furan rings is 1. The van der Waals surface area contributed by atoms with Gasteiger partial charge >= 0.3 is 5.88 Å². The van der Waals surface area contributed by atoms with Crippen LogP contribution in [0.4, 0.5) is 11.0 Å². The average Bonchev–Trinajstić information content (AvgIpc) is 3.44.